The maximum atomic E-state index is 4.17. The molecular formula is C17H22N2. The molecule has 0 aliphatic carbocycles. The maximum Gasteiger partial charge on any atom is 0.0315 e. The normalized spacial score (nSPS) is 14.1. The highest BCUT2D eigenvalue weighted by Gasteiger charge is 2.11. The van der Waals surface area contributed by atoms with Gasteiger partial charge in [0.1, 0.15) is 0 Å². The lowest BCUT2D eigenvalue weighted by atomic mass is 10.0. The molecule has 19 heavy (non-hydrogen) atoms. The summed E-state index contributed by atoms with van der Waals surface area (Å²) in [7, 11) is 0. The van der Waals surface area contributed by atoms with Crippen LogP contribution in [-0.4, -0.2) is 4.98 Å². The Morgan fingerprint density at radius 3 is 2.16 bits per heavy atom. The second-order valence-electron chi connectivity index (χ2n) is 5.32. The fourth-order valence-electron chi connectivity index (χ4n) is 2.46. The van der Waals surface area contributed by atoms with E-state index in [1.165, 1.54) is 22.3 Å². The van der Waals surface area contributed by atoms with Crippen LogP contribution in [0.5, 0.6) is 0 Å². The molecule has 1 aromatic carbocycles. The van der Waals surface area contributed by atoms with Gasteiger partial charge in [-0.2, -0.15) is 0 Å². The van der Waals surface area contributed by atoms with Crippen LogP contribution in [0.15, 0.2) is 42.7 Å². The first-order valence-corrected chi connectivity index (χ1v) is 6.80. The molecule has 2 nitrogen and oxygen atoms in total. The summed E-state index contributed by atoms with van der Waals surface area (Å²) in [6, 6.07) is 11.4. The number of rotatable bonds is 4. The minimum Gasteiger partial charge on any atom is -0.304 e. The highest BCUT2D eigenvalue weighted by molar-refractivity contribution is 5.30. The fourth-order valence-corrected chi connectivity index (χ4v) is 2.46. The number of hydrogen-bond acceptors (Lipinski definition) is 2. The van der Waals surface area contributed by atoms with Crippen molar-refractivity contribution in [3.63, 3.8) is 0 Å². The molecule has 0 spiro atoms. The quantitative estimate of drug-likeness (QED) is 0.888. The monoisotopic (exact) mass is 254 g/mol. The molecular weight excluding hydrogens is 232 g/mol. The molecule has 2 aromatic rings. The highest BCUT2D eigenvalue weighted by atomic mass is 14.9. The zero-order chi connectivity index (χ0) is 13.8. The first-order chi connectivity index (χ1) is 9.06. The lowest BCUT2D eigenvalue weighted by Gasteiger charge is -2.21. The zero-order valence-electron chi connectivity index (χ0n) is 12.1. The van der Waals surface area contributed by atoms with Crippen molar-refractivity contribution in [3.8, 4) is 0 Å². The molecule has 0 radical (unpaired) electrons. The standard InChI is InChI=1S/C17H22N2/c1-12-8-13(2)10-17(9-12)15(4)19-14(3)16-6-5-7-18-11-16/h5-11,14-15,19H,1-4H3. The summed E-state index contributed by atoms with van der Waals surface area (Å²) in [4.78, 5) is 4.17. The number of nitrogens with zero attached hydrogens (tertiary/aromatic N) is 1. The predicted molar refractivity (Wildman–Crippen MR) is 80.1 cm³/mol. The lowest BCUT2D eigenvalue weighted by molar-refractivity contribution is 0.493. The van der Waals surface area contributed by atoms with E-state index in [9.17, 15) is 0 Å². The van der Waals surface area contributed by atoms with Crippen molar-refractivity contribution in [2.45, 2.75) is 39.8 Å². The van der Waals surface area contributed by atoms with E-state index in [4.69, 9.17) is 0 Å². The Morgan fingerprint density at radius 1 is 0.947 bits per heavy atom. The van der Waals surface area contributed by atoms with Gasteiger partial charge in [0.05, 0.1) is 0 Å². The molecule has 100 valence electrons. The Labute approximate surface area is 115 Å². The van der Waals surface area contributed by atoms with Gasteiger partial charge in [-0.3, -0.25) is 4.98 Å². The molecule has 2 atom stereocenters. The number of hydrogen-bond donors (Lipinski definition) is 1. The highest BCUT2D eigenvalue weighted by Crippen LogP contribution is 2.20. The van der Waals surface area contributed by atoms with Gasteiger partial charge in [0, 0.05) is 24.5 Å². The molecule has 1 heterocycles. The Morgan fingerprint density at radius 2 is 1.58 bits per heavy atom. The summed E-state index contributed by atoms with van der Waals surface area (Å²) in [6.45, 7) is 8.68. The topological polar surface area (TPSA) is 24.9 Å². The molecule has 0 bridgehead atoms. The molecule has 0 saturated carbocycles. The van der Waals surface area contributed by atoms with Crippen molar-refractivity contribution in [2.75, 3.05) is 0 Å². The van der Waals surface area contributed by atoms with Crippen LogP contribution in [0.25, 0.3) is 0 Å². The predicted octanol–water partition coefficient (Wildman–Crippen LogP) is 4.11. The summed E-state index contributed by atoms with van der Waals surface area (Å²) >= 11 is 0. The van der Waals surface area contributed by atoms with Crippen molar-refractivity contribution >= 4 is 0 Å². The first kappa shape index (κ1) is 13.8. The third-order valence-electron chi connectivity index (χ3n) is 3.43. The number of aromatic nitrogens is 1. The molecule has 0 aliphatic heterocycles. The summed E-state index contributed by atoms with van der Waals surface area (Å²) in [6.07, 6.45) is 3.73. The Hall–Kier alpha value is -1.67. The van der Waals surface area contributed by atoms with Crippen molar-refractivity contribution < 1.29 is 0 Å². The molecule has 2 rings (SSSR count). The smallest absolute Gasteiger partial charge is 0.0315 e. The first-order valence-electron chi connectivity index (χ1n) is 6.80. The molecule has 0 fully saturated rings. The van der Waals surface area contributed by atoms with Crippen molar-refractivity contribution in [1.82, 2.24) is 10.3 Å². The van der Waals surface area contributed by atoms with Gasteiger partial charge in [-0.05, 0) is 44.9 Å². The second-order valence-corrected chi connectivity index (χ2v) is 5.32. The van der Waals surface area contributed by atoms with Crippen LogP contribution in [0.1, 0.15) is 48.2 Å². The Bertz CT molecular complexity index is 514. The van der Waals surface area contributed by atoms with Crippen LogP contribution in [0, 0.1) is 13.8 Å². The van der Waals surface area contributed by atoms with Crippen LogP contribution >= 0.6 is 0 Å². The molecule has 0 amide bonds. The third-order valence-corrected chi connectivity index (χ3v) is 3.43. The van der Waals surface area contributed by atoms with E-state index in [0.29, 0.717) is 12.1 Å². The summed E-state index contributed by atoms with van der Waals surface area (Å²) < 4.78 is 0. The Kier molecular flexibility index (Phi) is 4.33. The van der Waals surface area contributed by atoms with E-state index in [0.717, 1.165) is 0 Å². The maximum absolute atomic E-state index is 4.17. The Balaban J connectivity index is 2.10. The third kappa shape index (κ3) is 3.65. The van der Waals surface area contributed by atoms with Crippen LogP contribution in [0.4, 0.5) is 0 Å². The van der Waals surface area contributed by atoms with Gasteiger partial charge in [0.2, 0.25) is 0 Å². The largest absolute Gasteiger partial charge is 0.304 e. The van der Waals surface area contributed by atoms with E-state index >= 15 is 0 Å². The average molecular weight is 254 g/mol. The van der Waals surface area contributed by atoms with Crippen LogP contribution in [0.3, 0.4) is 0 Å². The fraction of sp³-hybridized carbons (Fsp3) is 0.353. The van der Waals surface area contributed by atoms with Gasteiger partial charge >= 0.3 is 0 Å². The van der Waals surface area contributed by atoms with Crippen LogP contribution in [0.2, 0.25) is 0 Å². The van der Waals surface area contributed by atoms with E-state index in [1.807, 2.05) is 18.5 Å². The molecule has 0 aliphatic rings. The number of benzene rings is 1. The number of nitrogens with one attached hydrogen (secondary N) is 1. The molecule has 2 heteroatoms. The van der Waals surface area contributed by atoms with E-state index in [-0.39, 0.29) is 0 Å². The molecule has 2 unspecified atom stereocenters. The summed E-state index contributed by atoms with van der Waals surface area (Å²) in [5.41, 5.74) is 5.20. The van der Waals surface area contributed by atoms with Gasteiger partial charge in [0.15, 0.2) is 0 Å². The van der Waals surface area contributed by atoms with Gasteiger partial charge < -0.3 is 5.32 Å². The van der Waals surface area contributed by atoms with Gasteiger partial charge in [-0.15, -0.1) is 0 Å². The molecule has 1 aromatic heterocycles. The SMILES string of the molecule is Cc1cc(C)cc(C(C)NC(C)c2cccnc2)c1. The van der Waals surface area contributed by atoms with E-state index in [2.05, 4.69) is 62.3 Å². The van der Waals surface area contributed by atoms with Gasteiger partial charge in [-0.1, -0.05) is 35.4 Å². The van der Waals surface area contributed by atoms with E-state index < -0.39 is 0 Å². The minimum atomic E-state index is 0.296. The lowest BCUT2D eigenvalue weighted by Crippen LogP contribution is -2.22. The molecule has 0 saturated heterocycles. The van der Waals surface area contributed by atoms with E-state index in [1.54, 1.807) is 0 Å². The van der Waals surface area contributed by atoms with Crippen molar-refractivity contribution in [2.24, 2.45) is 0 Å². The van der Waals surface area contributed by atoms with Crippen LogP contribution in [-0.2, 0) is 0 Å². The van der Waals surface area contributed by atoms with Crippen molar-refractivity contribution in [1.29, 1.82) is 0 Å². The molecule has 1 N–H and O–H groups in total. The average Bonchev–Trinajstić information content (AvgIpc) is 2.38. The minimum absolute atomic E-state index is 0.296. The zero-order valence-corrected chi connectivity index (χ0v) is 12.1. The second kappa shape index (κ2) is 5.98. The van der Waals surface area contributed by atoms with Crippen LogP contribution < -0.4 is 5.32 Å². The summed E-state index contributed by atoms with van der Waals surface area (Å²) in [5, 5.41) is 3.63. The van der Waals surface area contributed by atoms with Gasteiger partial charge in [-0.25, -0.2) is 0 Å². The van der Waals surface area contributed by atoms with Gasteiger partial charge in [0.25, 0.3) is 0 Å². The number of aryl methyl sites for hydroxylation is 2. The number of pyridine rings is 1. The van der Waals surface area contributed by atoms with Crippen molar-refractivity contribution in [3.05, 3.63) is 65.0 Å². The summed E-state index contributed by atoms with van der Waals surface area (Å²) in [5.74, 6) is 0.